The molecule has 2 aliphatic heterocycles. The van der Waals surface area contributed by atoms with Crippen LogP contribution in [0.2, 0.25) is 0 Å². The highest BCUT2D eigenvalue weighted by molar-refractivity contribution is 6.08. The molecule has 8 nitrogen and oxygen atoms in total. The lowest BCUT2D eigenvalue weighted by molar-refractivity contribution is -0.139. The van der Waals surface area contributed by atoms with Gasteiger partial charge in [0.05, 0.1) is 13.7 Å². The van der Waals surface area contributed by atoms with E-state index < -0.39 is 17.5 Å². The van der Waals surface area contributed by atoms with Crippen LogP contribution in [0.5, 0.6) is 5.75 Å². The number of hydrogen-bond acceptors (Lipinski definition) is 5. The van der Waals surface area contributed by atoms with Crippen LogP contribution in [0.15, 0.2) is 54.6 Å². The lowest BCUT2D eigenvalue weighted by Gasteiger charge is -2.31. The van der Waals surface area contributed by atoms with E-state index in [1.165, 1.54) is 5.56 Å². The molecule has 1 unspecified atom stereocenters. The maximum atomic E-state index is 13.0. The number of aryl methyl sites for hydroxylation is 1. The minimum atomic E-state index is -1.26. The molecular formula is C26H32N4O4. The van der Waals surface area contributed by atoms with E-state index in [0.717, 1.165) is 43.8 Å². The first-order valence-corrected chi connectivity index (χ1v) is 11.8. The number of rotatable bonds is 8. The first-order valence-electron chi connectivity index (χ1n) is 11.8. The van der Waals surface area contributed by atoms with Crippen LogP contribution in [0, 0.1) is 5.92 Å². The van der Waals surface area contributed by atoms with Gasteiger partial charge in [0.1, 0.15) is 11.3 Å². The standard InChI is InChI=1S/C26H32N4O4/c1-26(21-10-12-22(34-2)13-11-21)24(32)30(25(33)27-26)28-23(31)18-29-16-14-20(15-17-29)9-8-19-6-4-3-5-7-19/h3-7,10-13,20H,8-9,14-18H2,1-2H3,(H,27,33)(H,28,31). The second kappa shape index (κ2) is 10.3. The number of imide groups is 1. The Morgan fingerprint density at radius 2 is 1.76 bits per heavy atom. The molecule has 4 rings (SSSR count). The summed E-state index contributed by atoms with van der Waals surface area (Å²) in [5.74, 6) is 0.412. The Morgan fingerprint density at radius 1 is 1.09 bits per heavy atom. The van der Waals surface area contributed by atoms with Gasteiger partial charge in [-0.05, 0) is 74.9 Å². The molecule has 2 aromatic carbocycles. The van der Waals surface area contributed by atoms with Gasteiger partial charge in [0, 0.05) is 0 Å². The SMILES string of the molecule is COc1ccc(C2(C)NC(=O)N(NC(=O)CN3CCC(CCc4ccccc4)CC3)C2=O)cc1. The Balaban J connectivity index is 1.26. The largest absolute Gasteiger partial charge is 0.497 e. The molecule has 2 fully saturated rings. The Labute approximate surface area is 200 Å². The number of amides is 4. The molecule has 180 valence electrons. The molecule has 2 heterocycles. The fourth-order valence-corrected chi connectivity index (χ4v) is 4.67. The molecule has 8 heteroatoms. The van der Waals surface area contributed by atoms with Crippen LogP contribution in [0.25, 0.3) is 0 Å². The van der Waals surface area contributed by atoms with Gasteiger partial charge in [-0.25, -0.2) is 4.79 Å². The van der Waals surface area contributed by atoms with E-state index in [-0.39, 0.29) is 12.5 Å². The van der Waals surface area contributed by atoms with Crippen molar-refractivity contribution in [3.63, 3.8) is 0 Å². The van der Waals surface area contributed by atoms with Gasteiger partial charge >= 0.3 is 6.03 Å². The maximum Gasteiger partial charge on any atom is 0.344 e. The molecule has 2 N–H and O–H groups in total. The summed E-state index contributed by atoms with van der Waals surface area (Å²) in [6.45, 7) is 3.44. The Bertz CT molecular complexity index is 1020. The molecule has 0 saturated carbocycles. The second-order valence-electron chi connectivity index (χ2n) is 9.20. The van der Waals surface area contributed by atoms with Crippen LogP contribution in [-0.4, -0.2) is 54.5 Å². The summed E-state index contributed by atoms with van der Waals surface area (Å²) in [6, 6.07) is 16.8. The molecular weight excluding hydrogens is 432 g/mol. The number of hydrogen-bond donors (Lipinski definition) is 2. The van der Waals surface area contributed by atoms with Crippen LogP contribution < -0.4 is 15.5 Å². The minimum Gasteiger partial charge on any atom is -0.497 e. The zero-order valence-electron chi connectivity index (χ0n) is 19.8. The summed E-state index contributed by atoms with van der Waals surface area (Å²) < 4.78 is 5.15. The number of hydrazine groups is 1. The van der Waals surface area contributed by atoms with E-state index in [2.05, 4.69) is 39.9 Å². The third kappa shape index (κ3) is 5.22. The van der Waals surface area contributed by atoms with Crippen molar-refractivity contribution in [1.29, 1.82) is 0 Å². The fourth-order valence-electron chi connectivity index (χ4n) is 4.67. The average molecular weight is 465 g/mol. The number of carbonyl (C=O) groups is 3. The van der Waals surface area contributed by atoms with Crippen LogP contribution in [0.4, 0.5) is 4.79 Å². The third-order valence-corrected chi connectivity index (χ3v) is 6.85. The summed E-state index contributed by atoms with van der Waals surface area (Å²) in [5, 5.41) is 3.49. The van der Waals surface area contributed by atoms with Gasteiger partial charge in [-0.2, -0.15) is 5.01 Å². The number of ether oxygens (including phenoxy) is 1. The zero-order valence-corrected chi connectivity index (χ0v) is 19.8. The maximum absolute atomic E-state index is 13.0. The molecule has 2 aromatic rings. The Kier molecular flexibility index (Phi) is 7.17. The van der Waals surface area contributed by atoms with E-state index in [1.54, 1.807) is 38.3 Å². The quantitative estimate of drug-likeness (QED) is 0.587. The molecule has 0 spiro atoms. The highest BCUT2D eigenvalue weighted by Crippen LogP contribution is 2.29. The molecule has 0 aromatic heterocycles. The molecule has 34 heavy (non-hydrogen) atoms. The highest BCUT2D eigenvalue weighted by Gasteiger charge is 2.50. The van der Waals surface area contributed by atoms with Crippen molar-refractivity contribution >= 4 is 17.8 Å². The van der Waals surface area contributed by atoms with Crippen LogP contribution in [0.3, 0.4) is 0 Å². The number of nitrogens with one attached hydrogen (secondary N) is 2. The topological polar surface area (TPSA) is 91.0 Å². The monoisotopic (exact) mass is 464 g/mol. The molecule has 0 bridgehead atoms. The minimum absolute atomic E-state index is 0.154. The summed E-state index contributed by atoms with van der Waals surface area (Å²) in [5.41, 5.74) is 3.21. The summed E-state index contributed by atoms with van der Waals surface area (Å²) in [6.07, 6.45) is 4.30. The van der Waals surface area contributed by atoms with E-state index in [0.29, 0.717) is 17.2 Å². The van der Waals surface area contributed by atoms with E-state index in [9.17, 15) is 14.4 Å². The van der Waals surface area contributed by atoms with Gasteiger partial charge in [0.25, 0.3) is 11.8 Å². The molecule has 0 radical (unpaired) electrons. The lowest BCUT2D eigenvalue weighted by Crippen LogP contribution is -2.51. The van der Waals surface area contributed by atoms with Crippen LogP contribution in [-0.2, 0) is 21.5 Å². The van der Waals surface area contributed by atoms with Gasteiger partial charge in [-0.3, -0.25) is 19.9 Å². The normalized spacial score (nSPS) is 21.4. The first-order chi connectivity index (χ1) is 16.4. The van der Waals surface area contributed by atoms with Gasteiger partial charge in [-0.1, -0.05) is 42.5 Å². The van der Waals surface area contributed by atoms with E-state index in [4.69, 9.17) is 4.74 Å². The fraction of sp³-hybridized carbons (Fsp3) is 0.423. The number of likely N-dealkylation sites (tertiary alicyclic amines) is 1. The average Bonchev–Trinajstić information content (AvgIpc) is 3.08. The van der Waals surface area contributed by atoms with Crippen molar-refractivity contribution in [2.24, 2.45) is 5.92 Å². The van der Waals surface area contributed by atoms with Gasteiger partial charge in [0.2, 0.25) is 0 Å². The van der Waals surface area contributed by atoms with Crippen molar-refractivity contribution in [3.05, 3.63) is 65.7 Å². The van der Waals surface area contributed by atoms with E-state index >= 15 is 0 Å². The molecule has 2 saturated heterocycles. The number of benzene rings is 2. The number of piperidine rings is 1. The van der Waals surface area contributed by atoms with Crippen molar-refractivity contribution in [2.75, 3.05) is 26.7 Å². The molecule has 0 aliphatic carbocycles. The predicted molar refractivity (Wildman–Crippen MR) is 128 cm³/mol. The van der Waals surface area contributed by atoms with Crippen molar-refractivity contribution in [2.45, 2.75) is 38.1 Å². The number of nitrogens with zero attached hydrogens (tertiary/aromatic N) is 2. The molecule has 1 atom stereocenters. The van der Waals surface area contributed by atoms with Crippen molar-refractivity contribution in [3.8, 4) is 5.75 Å². The van der Waals surface area contributed by atoms with Crippen LogP contribution >= 0.6 is 0 Å². The highest BCUT2D eigenvalue weighted by atomic mass is 16.5. The number of methoxy groups -OCH3 is 1. The predicted octanol–water partition coefficient (Wildman–Crippen LogP) is 2.84. The third-order valence-electron chi connectivity index (χ3n) is 6.85. The first kappa shape index (κ1) is 23.8. The van der Waals surface area contributed by atoms with E-state index in [1.807, 2.05) is 6.07 Å². The van der Waals surface area contributed by atoms with Gasteiger partial charge in [-0.15, -0.1) is 0 Å². The number of carbonyl (C=O) groups excluding carboxylic acids is 3. The second-order valence-corrected chi connectivity index (χ2v) is 9.20. The van der Waals surface area contributed by atoms with Crippen LogP contribution in [0.1, 0.15) is 37.3 Å². The smallest absolute Gasteiger partial charge is 0.344 e. The van der Waals surface area contributed by atoms with Crippen molar-refractivity contribution in [1.82, 2.24) is 20.7 Å². The zero-order chi connectivity index (χ0) is 24.1. The summed E-state index contributed by atoms with van der Waals surface area (Å²) >= 11 is 0. The lowest BCUT2D eigenvalue weighted by atomic mass is 9.90. The summed E-state index contributed by atoms with van der Waals surface area (Å²) in [7, 11) is 1.56. The Hall–Kier alpha value is -3.39. The van der Waals surface area contributed by atoms with Crippen molar-refractivity contribution < 1.29 is 19.1 Å². The van der Waals surface area contributed by atoms with Gasteiger partial charge < -0.3 is 10.1 Å². The number of urea groups is 1. The summed E-state index contributed by atoms with van der Waals surface area (Å²) in [4.78, 5) is 40.2. The molecule has 4 amide bonds. The molecule has 2 aliphatic rings. The van der Waals surface area contributed by atoms with Gasteiger partial charge in [0.15, 0.2) is 0 Å². The Morgan fingerprint density at radius 3 is 2.41 bits per heavy atom.